The van der Waals surface area contributed by atoms with Crippen molar-refractivity contribution >= 4 is 24.0 Å². The lowest BCUT2D eigenvalue weighted by atomic mass is 10.0. The molecular formula is C13H20ClN3O3. The summed E-state index contributed by atoms with van der Waals surface area (Å²) in [5.74, 6) is 0.178. The maximum atomic E-state index is 11.9. The molecule has 6 nitrogen and oxygen atoms in total. The minimum atomic E-state index is -0.497. The van der Waals surface area contributed by atoms with Crippen LogP contribution in [-0.2, 0) is 0 Å². The first-order valence-electron chi connectivity index (χ1n) is 6.19. The van der Waals surface area contributed by atoms with E-state index in [0.29, 0.717) is 18.0 Å². The average Bonchev–Trinajstić information content (AvgIpc) is 2.37. The molecule has 0 saturated carbocycles. The van der Waals surface area contributed by atoms with Crippen LogP contribution in [0.25, 0.3) is 0 Å². The normalized spacial score (nSPS) is 11.6. The standard InChI is InChI=1S/C13H19N3O3.ClH/c1-9(2)7-11(8-14)15-13(17)10-3-5-12(6-4-10)16(18)19;/h3-6,9,11H,7-8,14H2,1-2H3,(H,15,17);1H. The predicted molar refractivity (Wildman–Crippen MR) is 80.1 cm³/mol. The zero-order chi connectivity index (χ0) is 14.4. The van der Waals surface area contributed by atoms with Crippen molar-refractivity contribution in [2.24, 2.45) is 11.7 Å². The summed E-state index contributed by atoms with van der Waals surface area (Å²) in [6.45, 7) is 4.48. The number of carbonyl (C=O) groups excluding carboxylic acids is 1. The Morgan fingerprint density at radius 1 is 1.35 bits per heavy atom. The second-order valence-corrected chi connectivity index (χ2v) is 4.84. The van der Waals surface area contributed by atoms with E-state index in [1.165, 1.54) is 24.3 Å². The molecule has 0 heterocycles. The van der Waals surface area contributed by atoms with E-state index < -0.39 is 4.92 Å². The zero-order valence-corrected chi connectivity index (χ0v) is 12.4. The molecular weight excluding hydrogens is 282 g/mol. The van der Waals surface area contributed by atoms with Gasteiger partial charge in [-0.2, -0.15) is 0 Å². The lowest BCUT2D eigenvalue weighted by molar-refractivity contribution is -0.384. The third-order valence-electron chi connectivity index (χ3n) is 2.72. The summed E-state index contributed by atoms with van der Waals surface area (Å²) >= 11 is 0. The molecule has 1 aromatic rings. The van der Waals surface area contributed by atoms with Gasteiger partial charge in [0.1, 0.15) is 0 Å². The van der Waals surface area contributed by atoms with Crippen LogP contribution < -0.4 is 11.1 Å². The van der Waals surface area contributed by atoms with Crippen LogP contribution >= 0.6 is 12.4 Å². The number of benzene rings is 1. The van der Waals surface area contributed by atoms with Gasteiger partial charge in [-0.25, -0.2) is 0 Å². The summed E-state index contributed by atoms with van der Waals surface area (Å²) in [7, 11) is 0. The van der Waals surface area contributed by atoms with Crippen molar-refractivity contribution in [3.8, 4) is 0 Å². The third-order valence-corrected chi connectivity index (χ3v) is 2.72. The van der Waals surface area contributed by atoms with E-state index in [4.69, 9.17) is 5.73 Å². The van der Waals surface area contributed by atoms with Gasteiger partial charge in [0, 0.05) is 30.3 Å². The second kappa shape index (κ2) is 8.50. The van der Waals surface area contributed by atoms with Crippen molar-refractivity contribution in [2.45, 2.75) is 26.3 Å². The fourth-order valence-electron chi connectivity index (χ4n) is 1.79. The molecule has 1 amide bonds. The van der Waals surface area contributed by atoms with Crippen LogP contribution in [0.15, 0.2) is 24.3 Å². The number of nitro groups is 1. The first-order chi connectivity index (χ1) is 8.93. The van der Waals surface area contributed by atoms with Gasteiger partial charge in [0.2, 0.25) is 0 Å². The van der Waals surface area contributed by atoms with Gasteiger partial charge < -0.3 is 11.1 Å². The van der Waals surface area contributed by atoms with Gasteiger partial charge in [0.15, 0.2) is 0 Å². The maximum Gasteiger partial charge on any atom is 0.269 e. The summed E-state index contributed by atoms with van der Waals surface area (Å²) < 4.78 is 0. The molecule has 0 aliphatic rings. The molecule has 1 unspecified atom stereocenters. The van der Waals surface area contributed by atoms with Crippen LogP contribution in [0.2, 0.25) is 0 Å². The Kier molecular flexibility index (Phi) is 7.79. The molecule has 1 rings (SSSR count). The zero-order valence-electron chi connectivity index (χ0n) is 11.5. The van der Waals surface area contributed by atoms with Gasteiger partial charge >= 0.3 is 0 Å². The molecule has 20 heavy (non-hydrogen) atoms. The molecule has 0 radical (unpaired) electrons. The molecule has 0 aliphatic carbocycles. The molecule has 3 N–H and O–H groups in total. The van der Waals surface area contributed by atoms with Crippen LogP contribution in [0.1, 0.15) is 30.6 Å². The minimum absolute atomic E-state index is 0. The highest BCUT2D eigenvalue weighted by molar-refractivity contribution is 5.94. The van der Waals surface area contributed by atoms with E-state index in [2.05, 4.69) is 19.2 Å². The van der Waals surface area contributed by atoms with Crippen molar-refractivity contribution in [1.82, 2.24) is 5.32 Å². The van der Waals surface area contributed by atoms with E-state index in [0.717, 1.165) is 6.42 Å². The van der Waals surface area contributed by atoms with Crippen LogP contribution in [0.3, 0.4) is 0 Å². The van der Waals surface area contributed by atoms with Gasteiger partial charge in [0.25, 0.3) is 11.6 Å². The van der Waals surface area contributed by atoms with Crippen molar-refractivity contribution < 1.29 is 9.72 Å². The predicted octanol–water partition coefficient (Wildman–Crippen LogP) is 2.12. The molecule has 0 bridgehead atoms. The van der Waals surface area contributed by atoms with Crippen LogP contribution in [-0.4, -0.2) is 23.4 Å². The smallest absolute Gasteiger partial charge is 0.269 e. The van der Waals surface area contributed by atoms with E-state index in [1.54, 1.807) is 0 Å². The number of amides is 1. The molecule has 0 spiro atoms. The van der Waals surface area contributed by atoms with Crippen LogP contribution in [0.4, 0.5) is 5.69 Å². The number of nitrogens with two attached hydrogens (primary N) is 1. The number of halogens is 1. The van der Waals surface area contributed by atoms with E-state index >= 15 is 0 Å². The summed E-state index contributed by atoms with van der Waals surface area (Å²) in [5, 5.41) is 13.3. The highest BCUT2D eigenvalue weighted by atomic mass is 35.5. The summed E-state index contributed by atoms with van der Waals surface area (Å²) in [6.07, 6.45) is 0.801. The SMILES string of the molecule is CC(C)CC(CN)NC(=O)c1ccc([N+](=O)[O-])cc1.Cl. The molecule has 0 aromatic heterocycles. The maximum absolute atomic E-state index is 11.9. The number of non-ortho nitro benzene ring substituents is 1. The Hall–Kier alpha value is -1.66. The fourth-order valence-corrected chi connectivity index (χ4v) is 1.79. The number of carbonyl (C=O) groups is 1. The topological polar surface area (TPSA) is 98.3 Å². The summed E-state index contributed by atoms with van der Waals surface area (Å²) in [6, 6.07) is 5.43. The highest BCUT2D eigenvalue weighted by Gasteiger charge is 2.14. The van der Waals surface area contributed by atoms with E-state index in [1.807, 2.05) is 0 Å². The fraction of sp³-hybridized carbons (Fsp3) is 0.462. The number of nitro benzene ring substituents is 1. The number of nitrogens with zero attached hydrogens (tertiary/aromatic N) is 1. The Morgan fingerprint density at radius 2 is 1.90 bits per heavy atom. The number of hydrogen-bond donors (Lipinski definition) is 2. The molecule has 7 heteroatoms. The van der Waals surface area contributed by atoms with Crippen LogP contribution in [0, 0.1) is 16.0 Å². The van der Waals surface area contributed by atoms with Crippen molar-refractivity contribution in [1.29, 1.82) is 0 Å². The minimum Gasteiger partial charge on any atom is -0.348 e. The summed E-state index contributed by atoms with van der Waals surface area (Å²) in [4.78, 5) is 22.0. The lowest BCUT2D eigenvalue weighted by Crippen LogP contribution is -2.41. The summed E-state index contributed by atoms with van der Waals surface area (Å²) in [5.41, 5.74) is 5.97. The van der Waals surface area contributed by atoms with Crippen molar-refractivity contribution in [2.75, 3.05) is 6.54 Å². The highest BCUT2D eigenvalue weighted by Crippen LogP contribution is 2.12. The number of hydrogen-bond acceptors (Lipinski definition) is 4. The Bertz CT molecular complexity index is 449. The van der Waals surface area contributed by atoms with E-state index in [9.17, 15) is 14.9 Å². The third kappa shape index (κ3) is 5.54. The number of rotatable bonds is 6. The van der Waals surface area contributed by atoms with Crippen molar-refractivity contribution in [3.63, 3.8) is 0 Å². The second-order valence-electron chi connectivity index (χ2n) is 4.84. The quantitative estimate of drug-likeness (QED) is 0.621. The molecule has 0 saturated heterocycles. The van der Waals surface area contributed by atoms with Gasteiger partial charge in [-0.1, -0.05) is 13.8 Å². The largest absolute Gasteiger partial charge is 0.348 e. The molecule has 0 fully saturated rings. The molecule has 1 aromatic carbocycles. The van der Waals surface area contributed by atoms with Gasteiger partial charge in [0.05, 0.1) is 4.92 Å². The average molecular weight is 302 g/mol. The monoisotopic (exact) mass is 301 g/mol. The Labute approximate surface area is 124 Å². The van der Waals surface area contributed by atoms with Gasteiger partial charge in [-0.3, -0.25) is 14.9 Å². The van der Waals surface area contributed by atoms with Crippen LogP contribution in [0.5, 0.6) is 0 Å². The molecule has 112 valence electrons. The van der Waals surface area contributed by atoms with Gasteiger partial charge in [-0.05, 0) is 24.5 Å². The van der Waals surface area contributed by atoms with E-state index in [-0.39, 0.29) is 30.0 Å². The molecule has 1 atom stereocenters. The molecule has 0 aliphatic heterocycles. The first kappa shape index (κ1) is 18.3. The first-order valence-corrected chi connectivity index (χ1v) is 6.19. The number of nitrogens with one attached hydrogen (secondary N) is 1. The Balaban J connectivity index is 0.00000361. The van der Waals surface area contributed by atoms with Crippen molar-refractivity contribution in [3.05, 3.63) is 39.9 Å². The van der Waals surface area contributed by atoms with Gasteiger partial charge in [-0.15, -0.1) is 12.4 Å². The lowest BCUT2D eigenvalue weighted by Gasteiger charge is -2.18. The Morgan fingerprint density at radius 3 is 2.30 bits per heavy atom.